The Labute approximate surface area is 109 Å². The Kier molecular flexibility index (Phi) is 6.72. The predicted molar refractivity (Wildman–Crippen MR) is 69.4 cm³/mol. The molecule has 0 atom stereocenters. The van der Waals surface area contributed by atoms with Crippen molar-refractivity contribution in [3.63, 3.8) is 0 Å². The number of carboxylic acid groups (broad SMARTS) is 1. The zero-order valence-corrected chi connectivity index (χ0v) is 11.2. The van der Waals surface area contributed by atoms with Crippen LogP contribution in [0.15, 0.2) is 0 Å². The molecular weight excluding hydrogens is 232 g/mol. The Morgan fingerprint density at radius 2 is 1.67 bits per heavy atom. The van der Waals surface area contributed by atoms with Crippen LogP contribution in [0.2, 0.25) is 0 Å². The molecule has 5 nitrogen and oxygen atoms in total. The summed E-state index contributed by atoms with van der Waals surface area (Å²) in [4.78, 5) is 23.8. The second kappa shape index (κ2) is 8.08. The van der Waals surface area contributed by atoms with E-state index in [1.54, 1.807) is 7.05 Å². The molecule has 104 valence electrons. The van der Waals surface area contributed by atoms with Gasteiger partial charge in [0.2, 0.25) is 5.91 Å². The molecule has 0 aromatic heterocycles. The Bertz CT molecular complexity index is 273. The summed E-state index contributed by atoms with van der Waals surface area (Å²) < 4.78 is 0. The smallest absolute Gasteiger partial charge is 0.317 e. The van der Waals surface area contributed by atoms with Gasteiger partial charge in [-0.15, -0.1) is 0 Å². The fraction of sp³-hybridized carbons (Fsp3) is 0.846. The van der Waals surface area contributed by atoms with Crippen molar-refractivity contribution >= 4 is 11.9 Å². The zero-order chi connectivity index (χ0) is 13.4. The summed E-state index contributed by atoms with van der Waals surface area (Å²) in [6, 6.07) is 0.274. The number of likely N-dealkylation sites (N-methyl/N-ethyl adjacent to an activating group) is 1. The van der Waals surface area contributed by atoms with Crippen molar-refractivity contribution in [1.82, 2.24) is 10.2 Å². The molecule has 0 aliphatic heterocycles. The molecule has 0 aromatic rings. The number of aliphatic carboxylic acids is 1. The number of carboxylic acids is 1. The van der Waals surface area contributed by atoms with Crippen molar-refractivity contribution < 1.29 is 14.7 Å². The average molecular weight is 256 g/mol. The third-order valence-corrected chi connectivity index (χ3v) is 3.29. The molecule has 5 heteroatoms. The van der Waals surface area contributed by atoms with Crippen LogP contribution < -0.4 is 5.32 Å². The standard InChI is InChI=1S/C13H24N2O3/c1-15(10-13(17)18)9-12(16)14-11-7-5-3-2-4-6-8-11/h11H,2-10H2,1H3,(H,14,16)(H,17,18). The van der Waals surface area contributed by atoms with Gasteiger partial charge in [-0.25, -0.2) is 0 Å². The van der Waals surface area contributed by atoms with E-state index in [0.29, 0.717) is 0 Å². The van der Waals surface area contributed by atoms with Crippen molar-refractivity contribution in [3.8, 4) is 0 Å². The molecule has 0 bridgehead atoms. The maximum Gasteiger partial charge on any atom is 0.317 e. The first-order chi connectivity index (χ1) is 8.58. The van der Waals surface area contributed by atoms with Crippen molar-refractivity contribution in [1.29, 1.82) is 0 Å². The van der Waals surface area contributed by atoms with E-state index in [1.807, 2.05) is 0 Å². The summed E-state index contributed by atoms with van der Waals surface area (Å²) in [7, 11) is 1.64. The minimum absolute atomic E-state index is 0.0654. The van der Waals surface area contributed by atoms with Crippen molar-refractivity contribution in [2.24, 2.45) is 0 Å². The van der Waals surface area contributed by atoms with Crippen molar-refractivity contribution in [2.45, 2.75) is 51.0 Å². The minimum atomic E-state index is -0.906. The molecule has 0 radical (unpaired) electrons. The van der Waals surface area contributed by atoms with Gasteiger partial charge in [0, 0.05) is 6.04 Å². The molecule has 0 saturated heterocycles. The van der Waals surface area contributed by atoms with Gasteiger partial charge < -0.3 is 10.4 Å². The summed E-state index contributed by atoms with van der Waals surface area (Å²) in [5.41, 5.74) is 0. The van der Waals surface area contributed by atoms with Crippen LogP contribution in [0.5, 0.6) is 0 Å². The first-order valence-electron chi connectivity index (χ1n) is 6.77. The van der Waals surface area contributed by atoms with Crippen LogP contribution in [0.3, 0.4) is 0 Å². The number of nitrogens with one attached hydrogen (secondary N) is 1. The number of nitrogens with zero attached hydrogens (tertiary/aromatic N) is 1. The van der Waals surface area contributed by atoms with Gasteiger partial charge in [0.15, 0.2) is 0 Å². The highest BCUT2D eigenvalue weighted by atomic mass is 16.4. The van der Waals surface area contributed by atoms with E-state index >= 15 is 0 Å². The van der Waals surface area contributed by atoms with Crippen molar-refractivity contribution in [2.75, 3.05) is 20.1 Å². The van der Waals surface area contributed by atoms with Crippen LogP contribution in [-0.2, 0) is 9.59 Å². The maximum absolute atomic E-state index is 11.8. The van der Waals surface area contributed by atoms with E-state index in [9.17, 15) is 9.59 Å². The molecule has 0 aromatic carbocycles. The van der Waals surface area contributed by atoms with Gasteiger partial charge in [-0.2, -0.15) is 0 Å². The number of amides is 1. The fourth-order valence-corrected chi connectivity index (χ4v) is 2.41. The van der Waals surface area contributed by atoms with Gasteiger partial charge >= 0.3 is 5.97 Å². The molecule has 1 saturated carbocycles. The molecule has 18 heavy (non-hydrogen) atoms. The molecular formula is C13H24N2O3. The van der Waals surface area contributed by atoms with Crippen LogP contribution >= 0.6 is 0 Å². The Morgan fingerprint density at radius 3 is 2.22 bits per heavy atom. The number of hydrogen-bond acceptors (Lipinski definition) is 3. The Hall–Kier alpha value is -1.10. The van der Waals surface area contributed by atoms with Crippen LogP contribution in [0.25, 0.3) is 0 Å². The number of rotatable bonds is 5. The maximum atomic E-state index is 11.8. The van der Waals surface area contributed by atoms with E-state index < -0.39 is 5.97 Å². The van der Waals surface area contributed by atoms with Crippen LogP contribution in [0, 0.1) is 0 Å². The van der Waals surface area contributed by atoms with Gasteiger partial charge in [0.1, 0.15) is 0 Å². The third-order valence-electron chi connectivity index (χ3n) is 3.29. The van der Waals surface area contributed by atoms with Crippen molar-refractivity contribution in [3.05, 3.63) is 0 Å². The average Bonchev–Trinajstić information content (AvgIpc) is 2.20. The Morgan fingerprint density at radius 1 is 1.11 bits per heavy atom. The largest absolute Gasteiger partial charge is 0.480 e. The SMILES string of the molecule is CN(CC(=O)O)CC(=O)NC1CCCCCCC1. The number of hydrogen-bond donors (Lipinski definition) is 2. The second-order valence-electron chi connectivity index (χ2n) is 5.18. The van der Waals surface area contributed by atoms with E-state index in [4.69, 9.17) is 5.11 Å². The summed E-state index contributed by atoms with van der Waals surface area (Å²) in [5, 5.41) is 11.6. The molecule has 1 aliphatic carbocycles. The summed E-state index contributed by atoms with van der Waals surface area (Å²) >= 11 is 0. The molecule has 1 rings (SSSR count). The lowest BCUT2D eigenvalue weighted by molar-refractivity contribution is -0.138. The molecule has 0 heterocycles. The quantitative estimate of drug-likeness (QED) is 0.776. The number of carbonyl (C=O) groups is 2. The van der Waals surface area contributed by atoms with E-state index in [2.05, 4.69) is 5.32 Å². The first-order valence-corrected chi connectivity index (χ1v) is 6.77. The molecule has 2 N–H and O–H groups in total. The number of carbonyl (C=O) groups excluding carboxylic acids is 1. The lowest BCUT2D eigenvalue weighted by atomic mass is 9.97. The van der Waals surface area contributed by atoms with E-state index in [0.717, 1.165) is 12.8 Å². The van der Waals surface area contributed by atoms with Crippen LogP contribution in [-0.4, -0.2) is 48.1 Å². The fourth-order valence-electron chi connectivity index (χ4n) is 2.41. The minimum Gasteiger partial charge on any atom is -0.480 e. The monoisotopic (exact) mass is 256 g/mol. The molecule has 1 aliphatic rings. The Balaban J connectivity index is 2.26. The van der Waals surface area contributed by atoms with Gasteiger partial charge in [-0.1, -0.05) is 32.1 Å². The van der Waals surface area contributed by atoms with Crippen LogP contribution in [0.1, 0.15) is 44.9 Å². The lowest BCUT2D eigenvalue weighted by Crippen LogP contribution is -2.42. The molecule has 1 amide bonds. The lowest BCUT2D eigenvalue weighted by Gasteiger charge is -2.22. The molecule has 1 fully saturated rings. The summed E-state index contributed by atoms with van der Waals surface area (Å²) in [6.07, 6.45) is 8.27. The van der Waals surface area contributed by atoms with E-state index in [-0.39, 0.29) is 25.0 Å². The normalized spacial score (nSPS) is 18.1. The zero-order valence-electron chi connectivity index (χ0n) is 11.2. The summed E-state index contributed by atoms with van der Waals surface area (Å²) in [5.74, 6) is -0.972. The van der Waals surface area contributed by atoms with Crippen LogP contribution in [0.4, 0.5) is 0 Å². The third kappa shape index (κ3) is 6.59. The molecule has 0 spiro atoms. The van der Waals surface area contributed by atoms with Gasteiger partial charge in [-0.3, -0.25) is 14.5 Å². The topological polar surface area (TPSA) is 69.6 Å². The first kappa shape index (κ1) is 15.0. The van der Waals surface area contributed by atoms with Gasteiger partial charge in [0.05, 0.1) is 13.1 Å². The predicted octanol–water partition coefficient (Wildman–Crippen LogP) is 1.23. The second-order valence-corrected chi connectivity index (χ2v) is 5.18. The highest BCUT2D eigenvalue weighted by Crippen LogP contribution is 2.16. The molecule has 0 unspecified atom stereocenters. The van der Waals surface area contributed by atoms with Gasteiger partial charge in [-0.05, 0) is 19.9 Å². The van der Waals surface area contributed by atoms with Gasteiger partial charge in [0.25, 0.3) is 0 Å². The highest BCUT2D eigenvalue weighted by Gasteiger charge is 2.15. The van der Waals surface area contributed by atoms with E-state index in [1.165, 1.54) is 37.0 Å². The highest BCUT2D eigenvalue weighted by molar-refractivity contribution is 5.79. The summed E-state index contributed by atoms with van der Waals surface area (Å²) in [6.45, 7) is 0.0564.